The summed E-state index contributed by atoms with van der Waals surface area (Å²) in [4.78, 5) is 18.3. The van der Waals surface area contributed by atoms with Crippen LogP contribution in [0.1, 0.15) is 80.6 Å². The van der Waals surface area contributed by atoms with Crippen LogP contribution in [0.2, 0.25) is 0 Å². The smallest absolute Gasteiger partial charge is 0.163 e. The monoisotopic (exact) mass is 427 g/mol. The van der Waals surface area contributed by atoms with Crippen molar-refractivity contribution in [1.29, 1.82) is 0 Å². The van der Waals surface area contributed by atoms with Gasteiger partial charge in [0.05, 0.1) is 5.69 Å². The molecule has 3 aliphatic rings. The minimum Gasteiger partial charge on any atom is -0.505 e. The number of carbonyl (C=O) groups is 1. The fourth-order valence-electron chi connectivity index (χ4n) is 5.66. The number of hydrogen-bond acceptors (Lipinski definition) is 5. The molecule has 5 nitrogen and oxygen atoms in total. The average Bonchev–Trinajstić information content (AvgIpc) is 3.60. The van der Waals surface area contributed by atoms with Gasteiger partial charge in [-0.2, -0.15) is 0 Å². The molecular formula is C26H41N3O2. The average molecular weight is 428 g/mol. The fourth-order valence-corrected chi connectivity index (χ4v) is 5.66. The van der Waals surface area contributed by atoms with E-state index in [0.717, 1.165) is 30.4 Å². The lowest BCUT2D eigenvalue weighted by Gasteiger charge is -2.42. The molecular weight excluding hydrogens is 386 g/mol. The first-order chi connectivity index (χ1) is 15.0. The Labute approximate surface area is 188 Å². The number of nitrogen functional groups attached to an aromatic ring is 1. The van der Waals surface area contributed by atoms with E-state index in [-0.39, 0.29) is 11.5 Å². The van der Waals surface area contributed by atoms with Gasteiger partial charge in [0.15, 0.2) is 5.78 Å². The third kappa shape index (κ3) is 5.81. The number of hydrogen-bond donors (Lipinski definition) is 2. The Bertz CT molecular complexity index is 745. The zero-order valence-electron chi connectivity index (χ0n) is 19.3. The predicted molar refractivity (Wildman–Crippen MR) is 127 cm³/mol. The molecule has 31 heavy (non-hydrogen) atoms. The fraction of sp³-hybridized carbons (Fsp3) is 0.731. The molecule has 2 saturated carbocycles. The van der Waals surface area contributed by atoms with Crippen LogP contribution in [-0.4, -0.2) is 59.5 Å². The van der Waals surface area contributed by atoms with E-state index < -0.39 is 0 Å². The van der Waals surface area contributed by atoms with Crippen molar-refractivity contribution in [2.75, 3.05) is 38.5 Å². The third-order valence-corrected chi connectivity index (χ3v) is 7.85. The minimum atomic E-state index is 0.102. The van der Waals surface area contributed by atoms with E-state index in [1.54, 1.807) is 6.07 Å². The van der Waals surface area contributed by atoms with Crippen LogP contribution in [0.25, 0.3) is 0 Å². The highest BCUT2D eigenvalue weighted by molar-refractivity contribution is 5.98. The van der Waals surface area contributed by atoms with Crippen molar-refractivity contribution in [2.24, 2.45) is 11.8 Å². The Morgan fingerprint density at radius 2 is 1.71 bits per heavy atom. The van der Waals surface area contributed by atoms with Crippen molar-refractivity contribution in [2.45, 2.75) is 77.2 Å². The van der Waals surface area contributed by atoms with Crippen LogP contribution in [0.15, 0.2) is 12.1 Å². The highest BCUT2D eigenvalue weighted by atomic mass is 16.3. The number of benzene rings is 1. The number of aromatic hydroxyl groups is 1. The SMILES string of the molecule is CCCc1c(C(=O)CCC2CCC(N3CCN(CC4CC4)CC3)CC2)ccc(N)c1O. The number of piperazine rings is 1. The van der Waals surface area contributed by atoms with E-state index in [0.29, 0.717) is 30.0 Å². The van der Waals surface area contributed by atoms with Crippen molar-refractivity contribution in [3.05, 3.63) is 23.3 Å². The van der Waals surface area contributed by atoms with Crippen LogP contribution >= 0.6 is 0 Å². The molecule has 3 N–H and O–H groups in total. The number of anilines is 1. The Morgan fingerprint density at radius 1 is 1.03 bits per heavy atom. The van der Waals surface area contributed by atoms with Crippen LogP contribution in [0.4, 0.5) is 5.69 Å². The van der Waals surface area contributed by atoms with Gasteiger partial charge in [0, 0.05) is 56.3 Å². The van der Waals surface area contributed by atoms with Crippen LogP contribution in [0.3, 0.4) is 0 Å². The third-order valence-electron chi connectivity index (χ3n) is 7.85. The molecule has 0 amide bonds. The van der Waals surface area contributed by atoms with E-state index in [1.165, 1.54) is 71.2 Å². The number of ketones is 1. The van der Waals surface area contributed by atoms with E-state index in [1.807, 2.05) is 6.07 Å². The number of Topliss-reactive ketones (excluding diaryl/α,β-unsaturated/α-hetero) is 1. The van der Waals surface area contributed by atoms with E-state index in [2.05, 4.69) is 16.7 Å². The Morgan fingerprint density at radius 3 is 2.35 bits per heavy atom. The molecule has 4 rings (SSSR count). The molecule has 0 aromatic heterocycles. The molecule has 0 atom stereocenters. The second kappa shape index (κ2) is 10.4. The van der Waals surface area contributed by atoms with Gasteiger partial charge in [-0.1, -0.05) is 13.3 Å². The van der Waals surface area contributed by atoms with Crippen LogP contribution in [0, 0.1) is 11.8 Å². The first-order valence-electron chi connectivity index (χ1n) is 12.6. The van der Waals surface area contributed by atoms with Crippen molar-refractivity contribution < 1.29 is 9.90 Å². The lowest BCUT2D eigenvalue weighted by Crippen LogP contribution is -2.51. The topological polar surface area (TPSA) is 69.8 Å². The molecule has 0 spiro atoms. The van der Waals surface area contributed by atoms with Gasteiger partial charge in [-0.05, 0) is 75.3 Å². The van der Waals surface area contributed by atoms with Crippen molar-refractivity contribution in [3.8, 4) is 5.75 Å². The summed E-state index contributed by atoms with van der Waals surface area (Å²) in [6, 6.07) is 4.22. The molecule has 1 aromatic rings. The zero-order valence-corrected chi connectivity index (χ0v) is 19.3. The highest BCUT2D eigenvalue weighted by Gasteiger charge is 2.31. The molecule has 2 aliphatic carbocycles. The second-order valence-electron chi connectivity index (χ2n) is 10.2. The largest absolute Gasteiger partial charge is 0.505 e. The Hall–Kier alpha value is -1.59. The Balaban J connectivity index is 1.21. The number of carbonyl (C=O) groups excluding carboxylic acids is 1. The van der Waals surface area contributed by atoms with E-state index in [9.17, 15) is 9.90 Å². The van der Waals surface area contributed by atoms with Gasteiger partial charge in [-0.25, -0.2) is 0 Å². The van der Waals surface area contributed by atoms with Gasteiger partial charge in [-0.15, -0.1) is 0 Å². The highest BCUT2D eigenvalue weighted by Crippen LogP contribution is 2.34. The molecule has 0 unspecified atom stereocenters. The number of nitrogens with two attached hydrogens (primary N) is 1. The first-order valence-corrected chi connectivity index (χ1v) is 12.6. The molecule has 1 aliphatic heterocycles. The normalized spacial score (nSPS) is 25.6. The van der Waals surface area contributed by atoms with Crippen molar-refractivity contribution in [1.82, 2.24) is 9.80 Å². The number of phenolic OH excluding ortho intramolecular Hbond substituents is 1. The standard InChI is InChI=1S/C26H41N3O2/c1-2-3-23-22(11-12-24(27)26(23)31)25(30)13-8-19-6-9-21(10-7-19)29-16-14-28(15-17-29)18-20-4-5-20/h11-12,19-21,31H,2-10,13-18,27H2,1H3. The van der Waals surface area contributed by atoms with Crippen LogP contribution < -0.4 is 5.73 Å². The molecule has 1 aromatic carbocycles. The Kier molecular flexibility index (Phi) is 7.55. The maximum absolute atomic E-state index is 12.9. The van der Waals surface area contributed by atoms with E-state index >= 15 is 0 Å². The van der Waals surface area contributed by atoms with Gasteiger partial charge < -0.3 is 15.7 Å². The van der Waals surface area contributed by atoms with Gasteiger partial charge in [0.25, 0.3) is 0 Å². The summed E-state index contributed by atoms with van der Waals surface area (Å²) in [7, 11) is 0. The number of phenols is 1. The van der Waals surface area contributed by atoms with Gasteiger partial charge >= 0.3 is 0 Å². The summed E-state index contributed by atoms with van der Waals surface area (Å²) in [6.45, 7) is 8.37. The minimum absolute atomic E-state index is 0.102. The first kappa shape index (κ1) is 22.6. The van der Waals surface area contributed by atoms with Gasteiger partial charge in [0.2, 0.25) is 0 Å². The molecule has 3 fully saturated rings. The maximum Gasteiger partial charge on any atom is 0.163 e. The lowest BCUT2D eigenvalue weighted by atomic mass is 9.81. The summed E-state index contributed by atoms with van der Waals surface area (Å²) in [5, 5.41) is 10.3. The van der Waals surface area contributed by atoms with Crippen molar-refractivity contribution in [3.63, 3.8) is 0 Å². The molecule has 5 heteroatoms. The van der Waals surface area contributed by atoms with Crippen LogP contribution in [-0.2, 0) is 6.42 Å². The molecule has 172 valence electrons. The van der Waals surface area contributed by atoms with Crippen molar-refractivity contribution >= 4 is 11.5 Å². The molecule has 0 bridgehead atoms. The number of rotatable bonds is 9. The van der Waals surface area contributed by atoms with Gasteiger partial charge in [0.1, 0.15) is 5.75 Å². The summed E-state index contributed by atoms with van der Waals surface area (Å²) in [5.74, 6) is 1.92. The summed E-state index contributed by atoms with van der Waals surface area (Å²) in [5.41, 5.74) is 7.62. The summed E-state index contributed by atoms with van der Waals surface area (Å²) < 4.78 is 0. The molecule has 0 radical (unpaired) electrons. The summed E-state index contributed by atoms with van der Waals surface area (Å²) >= 11 is 0. The van der Waals surface area contributed by atoms with E-state index in [4.69, 9.17) is 5.73 Å². The maximum atomic E-state index is 12.9. The van der Waals surface area contributed by atoms with Crippen LogP contribution in [0.5, 0.6) is 5.75 Å². The lowest BCUT2D eigenvalue weighted by molar-refractivity contribution is 0.0671. The van der Waals surface area contributed by atoms with Gasteiger partial charge in [-0.3, -0.25) is 9.69 Å². The summed E-state index contributed by atoms with van der Waals surface area (Å²) in [6.07, 6.45) is 11.1. The molecule has 1 saturated heterocycles. The molecule has 1 heterocycles. The zero-order chi connectivity index (χ0) is 21.8. The number of nitrogens with zero attached hydrogens (tertiary/aromatic N) is 2. The predicted octanol–water partition coefficient (Wildman–Crippen LogP) is 4.48. The second-order valence-corrected chi connectivity index (χ2v) is 10.2. The quantitative estimate of drug-likeness (QED) is 0.345.